The molecule has 0 unspecified atom stereocenters. The lowest BCUT2D eigenvalue weighted by Gasteiger charge is -2.26. The molecular weight excluding hydrogens is 239 g/mol. The van der Waals surface area contributed by atoms with Crippen LogP contribution in [0.5, 0.6) is 0 Å². The predicted molar refractivity (Wildman–Crippen MR) is 65.5 cm³/mol. The van der Waals surface area contributed by atoms with Crippen LogP contribution in [0.2, 0.25) is 0 Å². The molecule has 4 N–H and O–H groups in total. The van der Waals surface area contributed by atoms with Gasteiger partial charge in [-0.15, -0.1) is 0 Å². The van der Waals surface area contributed by atoms with Crippen LogP contribution in [0.1, 0.15) is 0 Å². The molecule has 2 heterocycles. The van der Waals surface area contributed by atoms with Gasteiger partial charge in [0.05, 0.1) is 19.4 Å². The first-order valence-electron chi connectivity index (χ1n) is 5.82. The summed E-state index contributed by atoms with van der Waals surface area (Å²) < 4.78 is 18.6. The first kappa shape index (κ1) is 12.9. The lowest BCUT2D eigenvalue weighted by Crippen LogP contribution is -2.39. The highest BCUT2D eigenvalue weighted by molar-refractivity contribution is 5.40. The fraction of sp³-hybridized carbons (Fsp3) is 0.600. The van der Waals surface area contributed by atoms with Gasteiger partial charge in [-0.1, -0.05) is 0 Å². The van der Waals surface area contributed by atoms with Gasteiger partial charge in [0.2, 0.25) is 5.95 Å². The minimum Gasteiger partial charge on any atom is -0.379 e. The van der Waals surface area contributed by atoms with E-state index in [4.69, 9.17) is 10.6 Å². The van der Waals surface area contributed by atoms with Gasteiger partial charge in [-0.2, -0.15) is 4.98 Å². The number of hydrazine groups is 1. The molecule has 1 fully saturated rings. The van der Waals surface area contributed by atoms with Gasteiger partial charge < -0.3 is 10.1 Å². The Balaban J connectivity index is 1.81. The van der Waals surface area contributed by atoms with E-state index in [-0.39, 0.29) is 11.8 Å². The van der Waals surface area contributed by atoms with Crippen LogP contribution < -0.4 is 16.6 Å². The maximum atomic E-state index is 13.4. The van der Waals surface area contributed by atoms with E-state index in [1.54, 1.807) is 0 Å². The van der Waals surface area contributed by atoms with Crippen LogP contribution in [0.15, 0.2) is 6.20 Å². The van der Waals surface area contributed by atoms with Gasteiger partial charge >= 0.3 is 0 Å². The van der Waals surface area contributed by atoms with Gasteiger partial charge in [0.15, 0.2) is 11.6 Å². The Morgan fingerprint density at radius 1 is 1.44 bits per heavy atom. The summed E-state index contributed by atoms with van der Waals surface area (Å²) in [5, 5.41) is 2.93. The smallest absolute Gasteiger partial charge is 0.239 e. The Bertz CT molecular complexity index is 385. The van der Waals surface area contributed by atoms with E-state index in [0.29, 0.717) is 6.54 Å². The molecule has 0 bridgehead atoms. The molecule has 0 spiro atoms. The highest BCUT2D eigenvalue weighted by atomic mass is 19.1. The van der Waals surface area contributed by atoms with Gasteiger partial charge in [0.25, 0.3) is 0 Å². The molecule has 18 heavy (non-hydrogen) atoms. The molecular formula is C10H17FN6O. The topological polar surface area (TPSA) is 88.3 Å². The lowest BCUT2D eigenvalue weighted by atomic mass is 10.4. The zero-order valence-corrected chi connectivity index (χ0v) is 10.0. The molecule has 1 aliphatic heterocycles. The molecule has 0 atom stereocenters. The monoisotopic (exact) mass is 256 g/mol. The molecule has 0 aromatic carbocycles. The highest BCUT2D eigenvalue weighted by Crippen LogP contribution is 2.10. The molecule has 1 aliphatic rings. The number of hydrogen-bond acceptors (Lipinski definition) is 7. The van der Waals surface area contributed by atoms with E-state index in [9.17, 15) is 4.39 Å². The van der Waals surface area contributed by atoms with E-state index in [1.165, 1.54) is 0 Å². The van der Waals surface area contributed by atoms with Crippen molar-refractivity contribution in [3.8, 4) is 0 Å². The molecule has 1 aromatic rings. The minimum atomic E-state index is -0.490. The standard InChI is InChI=1S/C10H17FN6O/c11-8-7-14-10(16-12)15-9(8)13-1-2-17-3-5-18-6-4-17/h7H,1-6,12H2,(H2,13,14,15,16). The second-order valence-corrected chi connectivity index (χ2v) is 3.92. The minimum absolute atomic E-state index is 0.159. The number of nitrogens with zero attached hydrogens (tertiary/aromatic N) is 3. The van der Waals surface area contributed by atoms with Crippen molar-refractivity contribution in [2.24, 2.45) is 5.84 Å². The number of halogens is 1. The Labute approximate surface area is 105 Å². The average molecular weight is 256 g/mol. The van der Waals surface area contributed by atoms with E-state index in [2.05, 4.69) is 25.6 Å². The Morgan fingerprint density at radius 2 is 2.22 bits per heavy atom. The van der Waals surface area contributed by atoms with Gasteiger partial charge in [-0.25, -0.2) is 15.2 Å². The largest absolute Gasteiger partial charge is 0.379 e. The Morgan fingerprint density at radius 3 is 2.94 bits per heavy atom. The first-order chi connectivity index (χ1) is 8.79. The maximum absolute atomic E-state index is 13.4. The van der Waals surface area contributed by atoms with Crippen LogP contribution in [0, 0.1) is 5.82 Å². The van der Waals surface area contributed by atoms with Crippen LogP contribution in [-0.2, 0) is 4.74 Å². The fourth-order valence-electron chi connectivity index (χ4n) is 1.72. The summed E-state index contributed by atoms with van der Waals surface area (Å²) in [5.74, 6) is 5.02. The SMILES string of the molecule is NNc1ncc(F)c(NCCN2CCOCC2)n1. The molecule has 7 nitrogen and oxygen atoms in total. The normalized spacial score (nSPS) is 16.6. The van der Waals surface area contributed by atoms with E-state index in [0.717, 1.165) is 39.0 Å². The molecule has 1 saturated heterocycles. The van der Waals surface area contributed by atoms with E-state index in [1.807, 2.05) is 0 Å². The van der Waals surface area contributed by atoms with Crippen molar-refractivity contribution >= 4 is 11.8 Å². The second-order valence-electron chi connectivity index (χ2n) is 3.92. The molecule has 1 aromatic heterocycles. The molecule has 0 amide bonds. The zero-order chi connectivity index (χ0) is 12.8. The first-order valence-corrected chi connectivity index (χ1v) is 5.82. The second kappa shape index (κ2) is 6.43. The average Bonchev–Trinajstić information content (AvgIpc) is 2.42. The van der Waals surface area contributed by atoms with Crippen molar-refractivity contribution < 1.29 is 9.13 Å². The van der Waals surface area contributed by atoms with Gasteiger partial charge in [0.1, 0.15) is 0 Å². The zero-order valence-electron chi connectivity index (χ0n) is 10.0. The molecule has 0 radical (unpaired) electrons. The van der Waals surface area contributed by atoms with E-state index < -0.39 is 5.82 Å². The summed E-state index contributed by atoms with van der Waals surface area (Å²) in [6, 6.07) is 0. The van der Waals surface area contributed by atoms with Crippen molar-refractivity contribution in [3.63, 3.8) is 0 Å². The number of rotatable bonds is 5. The number of morpholine rings is 1. The third-order valence-corrected chi connectivity index (χ3v) is 2.70. The number of aromatic nitrogens is 2. The van der Waals surface area contributed by atoms with E-state index >= 15 is 0 Å². The van der Waals surface area contributed by atoms with Crippen LogP contribution in [0.3, 0.4) is 0 Å². The van der Waals surface area contributed by atoms with Gasteiger partial charge in [0, 0.05) is 26.2 Å². The summed E-state index contributed by atoms with van der Waals surface area (Å²) in [7, 11) is 0. The van der Waals surface area contributed by atoms with Crippen LogP contribution in [0.4, 0.5) is 16.2 Å². The Hall–Kier alpha value is -1.51. The van der Waals surface area contributed by atoms with Gasteiger partial charge in [-0.3, -0.25) is 10.3 Å². The number of nitrogen functional groups attached to an aromatic ring is 1. The Kier molecular flexibility index (Phi) is 4.62. The van der Waals surface area contributed by atoms with Crippen molar-refractivity contribution in [2.45, 2.75) is 0 Å². The molecule has 0 saturated carbocycles. The maximum Gasteiger partial charge on any atom is 0.239 e. The number of anilines is 2. The quantitative estimate of drug-likeness (QED) is 0.490. The number of nitrogens with one attached hydrogen (secondary N) is 2. The number of hydrogen-bond donors (Lipinski definition) is 3. The van der Waals surface area contributed by atoms with Gasteiger partial charge in [-0.05, 0) is 0 Å². The summed E-state index contributed by atoms with van der Waals surface area (Å²) in [6.07, 6.45) is 1.08. The van der Waals surface area contributed by atoms with Crippen molar-refractivity contribution in [2.75, 3.05) is 50.1 Å². The summed E-state index contributed by atoms with van der Waals surface area (Å²) in [5.41, 5.74) is 2.28. The fourth-order valence-corrected chi connectivity index (χ4v) is 1.72. The van der Waals surface area contributed by atoms with Crippen LogP contribution in [-0.4, -0.2) is 54.3 Å². The van der Waals surface area contributed by atoms with Crippen LogP contribution >= 0.6 is 0 Å². The van der Waals surface area contributed by atoms with Crippen molar-refractivity contribution in [1.29, 1.82) is 0 Å². The summed E-state index contributed by atoms with van der Waals surface area (Å²) in [6.45, 7) is 4.75. The van der Waals surface area contributed by atoms with Crippen LogP contribution in [0.25, 0.3) is 0 Å². The van der Waals surface area contributed by atoms with Crippen molar-refractivity contribution in [1.82, 2.24) is 14.9 Å². The third-order valence-electron chi connectivity index (χ3n) is 2.70. The number of ether oxygens (including phenoxy) is 1. The predicted octanol–water partition coefficient (Wildman–Crippen LogP) is -0.355. The molecule has 100 valence electrons. The van der Waals surface area contributed by atoms with Crippen molar-refractivity contribution in [3.05, 3.63) is 12.0 Å². The third kappa shape index (κ3) is 3.49. The molecule has 8 heteroatoms. The summed E-state index contributed by atoms with van der Waals surface area (Å²) in [4.78, 5) is 9.81. The highest BCUT2D eigenvalue weighted by Gasteiger charge is 2.10. The lowest BCUT2D eigenvalue weighted by molar-refractivity contribution is 0.0398. The summed E-state index contributed by atoms with van der Waals surface area (Å²) >= 11 is 0. The molecule has 0 aliphatic carbocycles. The molecule has 2 rings (SSSR count). The number of nitrogens with two attached hydrogens (primary N) is 1.